The van der Waals surface area contributed by atoms with E-state index in [9.17, 15) is 14.4 Å². The van der Waals surface area contributed by atoms with Crippen molar-refractivity contribution in [1.29, 1.82) is 0 Å². The van der Waals surface area contributed by atoms with Crippen LogP contribution in [0.5, 0.6) is 0 Å². The average Bonchev–Trinajstić information content (AvgIpc) is 3.28. The highest BCUT2D eigenvalue weighted by molar-refractivity contribution is 5.71. The number of carbonyl (C=O) groups excluding carboxylic acids is 3. The van der Waals surface area contributed by atoms with Crippen molar-refractivity contribution >= 4 is 17.9 Å². The van der Waals surface area contributed by atoms with Crippen LogP contribution in [0.25, 0.3) is 0 Å². The molecule has 6 nitrogen and oxygen atoms in total. The van der Waals surface area contributed by atoms with E-state index in [4.69, 9.17) is 14.2 Å². The quantitative estimate of drug-likeness (QED) is 0.0344. The van der Waals surface area contributed by atoms with Crippen molar-refractivity contribution in [3.8, 4) is 0 Å². The molecule has 0 bridgehead atoms. The Hall–Kier alpha value is -1.59. The van der Waals surface area contributed by atoms with Crippen molar-refractivity contribution in [1.82, 2.24) is 0 Å². The minimum absolute atomic E-state index is 0.0619. The van der Waals surface area contributed by atoms with Crippen LogP contribution in [-0.2, 0) is 28.6 Å². The molecule has 0 heterocycles. The lowest BCUT2D eigenvalue weighted by Gasteiger charge is -2.18. The predicted octanol–water partition coefficient (Wildman–Crippen LogP) is 18.6. The zero-order valence-corrected chi connectivity index (χ0v) is 43.0. The molecule has 0 aromatic heterocycles. The van der Waals surface area contributed by atoms with Crippen LogP contribution in [0.2, 0.25) is 0 Å². The lowest BCUT2D eigenvalue weighted by atomic mass is 9.99. The molecular formula is C57H110O6. The summed E-state index contributed by atoms with van der Waals surface area (Å²) in [7, 11) is 0. The van der Waals surface area contributed by atoms with Crippen molar-refractivity contribution in [3.63, 3.8) is 0 Å². The van der Waals surface area contributed by atoms with Gasteiger partial charge < -0.3 is 14.2 Å². The number of hydrogen-bond donors (Lipinski definition) is 0. The average molecular weight is 892 g/mol. The first kappa shape index (κ1) is 61.4. The Balaban J connectivity index is 4.29. The summed E-state index contributed by atoms with van der Waals surface area (Å²) in [6, 6.07) is 0. The van der Waals surface area contributed by atoms with Crippen LogP contribution in [0.15, 0.2) is 0 Å². The van der Waals surface area contributed by atoms with Crippen LogP contribution < -0.4 is 0 Å². The first-order valence-corrected chi connectivity index (χ1v) is 28.4. The second-order valence-corrected chi connectivity index (χ2v) is 19.8. The van der Waals surface area contributed by atoms with E-state index in [2.05, 4.69) is 27.7 Å². The van der Waals surface area contributed by atoms with E-state index in [1.54, 1.807) is 0 Å². The van der Waals surface area contributed by atoms with E-state index in [-0.39, 0.29) is 31.1 Å². The molecule has 0 saturated carbocycles. The van der Waals surface area contributed by atoms with Gasteiger partial charge in [-0.2, -0.15) is 0 Å². The molecule has 0 N–H and O–H groups in total. The van der Waals surface area contributed by atoms with Crippen molar-refractivity contribution in [2.75, 3.05) is 13.2 Å². The molecule has 0 radical (unpaired) electrons. The summed E-state index contributed by atoms with van der Waals surface area (Å²) in [5.74, 6) is 0.0577. The Bertz CT molecular complexity index is 951. The third-order valence-electron chi connectivity index (χ3n) is 13.4. The molecule has 0 spiro atoms. The fraction of sp³-hybridized carbons (Fsp3) is 0.947. The fourth-order valence-electron chi connectivity index (χ4n) is 8.72. The van der Waals surface area contributed by atoms with Gasteiger partial charge in [-0.25, -0.2) is 0 Å². The van der Waals surface area contributed by atoms with Crippen molar-refractivity contribution < 1.29 is 28.6 Å². The van der Waals surface area contributed by atoms with Crippen LogP contribution >= 0.6 is 0 Å². The number of carbonyl (C=O) groups is 3. The Labute approximate surface area is 393 Å². The van der Waals surface area contributed by atoms with E-state index < -0.39 is 6.10 Å². The molecule has 0 saturated heterocycles. The number of esters is 3. The number of hydrogen-bond acceptors (Lipinski definition) is 6. The zero-order chi connectivity index (χ0) is 45.9. The second-order valence-electron chi connectivity index (χ2n) is 19.8. The Morgan fingerprint density at radius 2 is 0.556 bits per heavy atom. The van der Waals surface area contributed by atoms with Crippen molar-refractivity contribution in [2.24, 2.45) is 5.92 Å². The van der Waals surface area contributed by atoms with E-state index in [1.165, 1.54) is 218 Å². The molecule has 0 aliphatic rings. The molecule has 2 atom stereocenters. The van der Waals surface area contributed by atoms with Gasteiger partial charge in [0.2, 0.25) is 0 Å². The topological polar surface area (TPSA) is 78.9 Å². The summed E-state index contributed by atoms with van der Waals surface area (Å²) in [6.07, 6.45) is 55.1. The first-order chi connectivity index (χ1) is 30.9. The summed E-state index contributed by atoms with van der Waals surface area (Å²) in [6.45, 7) is 9.09. The standard InChI is InChI=1S/C57H110O6/c1-5-8-10-12-14-16-18-20-21-25-29-33-37-41-45-49-56(59)62-52-54(51-61-55(58)48-44-40-36-32-28-19-17-15-13-11-9-6-2)63-57(60)50-46-42-38-34-30-26-23-22-24-27-31-35-39-43-47-53(4)7-3/h53-54H,5-52H2,1-4H3/t53?,54-/m1/s1. The smallest absolute Gasteiger partial charge is 0.306 e. The summed E-state index contributed by atoms with van der Waals surface area (Å²) in [5.41, 5.74) is 0. The number of unbranched alkanes of at least 4 members (excludes halogenated alkanes) is 38. The van der Waals surface area contributed by atoms with Crippen LogP contribution in [0.4, 0.5) is 0 Å². The first-order valence-electron chi connectivity index (χ1n) is 28.4. The Morgan fingerprint density at radius 1 is 0.317 bits per heavy atom. The van der Waals surface area contributed by atoms with Gasteiger partial charge in [0.15, 0.2) is 6.10 Å². The molecule has 0 aromatic carbocycles. The summed E-state index contributed by atoms with van der Waals surface area (Å²) >= 11 is 0. The lowest BCUT2D eigenvalue weighted by molar-refractivity contribution is -0.167. The van der Waals surface area contributed by atoms with Gasteiger partial charge in [0, 0.05) is 19.3 Å². The SMILES string of the molecule is CCCCCCCCCCCCCCCCCC(=O)OC[C@@H](COC(=O)CCCCCCCCCCCCCC)OC(=O)CCCCCCCCCCCCCCCCC(C)CC. The van der Waals surface area contributed by atoms with Gasteiger partial charge in [-0.05, 0) is 25.2 Å². The van der Waals surface area contributed by atoms with Crippen molar-refractivity contribution in [3.05, 3.63) is 0 Å². The molecule has 0 rings (SSSR count). The van der Waals surface area contributed by atoms with E-state index in [0.29, 0.717) is 19.3 Å². The molecule has 1 unspecified atom stereocenters. The van der Waals surface area contributed by atoms with E-state index in [0.717, 1.165) is 63.7 Å². The number of ether oxygens (including phenoxy) is 3. The highest BCUT2D eigenvalue weighted by Crippen LogP contribution is 2.18. The lowest BCUT2D eigenvalue weighted by Crippen LogP contribution is -2.30. The highest BCUT2D eigenvalue weighted by Gasteiger charge is 2.19. The monoisotopic (exact) mass is 891 g/mol. The molecule has 63 heavy (non-hydrogen) atoms. The minimum Gasteiger partial charge on any atom is -0.462 e. The van der Waals surface area contributed by atoms with Crippen LogP contribution in [0.3, 0.4) is 0 Å². The van der Waals surface area contributed by atoms with E-state index in [1.807, 2.05) is 0 Å². The highest BCUT2D eigenvalue weighted by atomic mass is 16.6. The molecule has 0 fully saturated rings. The minimum atomic E-state index is -0.761. The maximum Gasteiger partial charge on any atom is 0.306 e. The van der Waals surface area contributed by atoms with Gasteiger partial charge in [0.25, 0.3) is 0 Å². The molecular weight excluding hydrogens is 781 g/mol. The van der Waals surface area contributed by atoms with Crippen LogP contribution in [-0.4, -0.2) is 37.2 Å². The maximum atomic E-state index is 12.8. The Kier molecular flexibility index (Phi) is 50.1. The summed E-state index contributed by atoms with van der Waals surface area (Å²) in [5, 5.41) is 0. The van der Waals surface area contributed by atoms with Gasteiger partial charge in [0.05, 0.1) is 0 Å². The van der Waals surface area contributed by atoms with Crippen LogP contribution in [0.1, 0.15) is 323 Å². The molecule has 0 aliphatic carbocycles. The molecule has 0 aromatic rings. The van der Waals surface area contributed by atoms with Gasteiger partial charge in [-0.1, -0.05) is 285 Å². The second kappa shape index (κ2) is 51.4. The van der Waals surface area contributed by atoms with Crippen molar-refractivity contribution in [2.45, 2.75) is 329 Å². The fourth-order valence-corrected chi connectivity index (χ4v) is 8.72. The van der Waals surface area contributed by atoms with Gasteiger partial charge in [0.1, 0.15) is 13.2 Å². The third kappa shape index (κ3) is 49.7. The number of rotatable bonds is 52. The molecule has 0 amide bonds. The molecule has 374 valence electrons. The summed E-state index contributed by atoms with van der Waals surface area (Å²) < 4.78 is 16.9. The Morgan fingerprint density at radius 3 is 0.825 bits per heavy atom. The summed E-state index contributed by atoms with van der Waals surface area (Å²) in [4.78, 5) is 38.1. The molecule has 0 aliphatic heterocycles. The third-order valence-corrected chi connectivity index (χ3v) is 13.4. The van der Waals surface area contributed by atoms with E-state index >= 15 is 0 Å². The predicted molar refractivity (Wildman–Crippen MR) is 270 cm³/mol. The van der Waals surface area contributed by atoms with Gasteiger partial charge in [-0.3, -0.25) is 14.4 Å². The maximum absolute atomic E-state index is 12.8. The normalized spacial score (nSPS) is 12.4. The van der Waals surface area contributed by atoms with Gasteiger partial charge in [-0.15, -0.1) is 0 Å². The largest absolute Gasteiger partial charge is 0.462 e. The van der Waals surface area contributed by atoms with Gasteiger partial charge >= 0.3 is 17.9 Å². The molecule has 6 heteroatoms. The zero-order valence-electron chi connectivity index (χ0n) is 43.0. The van der Waals surface area contributed by atoms with Crippen LogP contribution in [0, 0.1) is 5.92 Å².